The molecule has 10 aromatic rings. The molecule has 0 unspecified atom stereocenters. The molecule has 114 heavy (non-hydrogen) atoms. The minimum absolute atomic E-state index is 0. The number of aryl methyl sites for hydroxylation is 8. The molecule has 0 heterocycles. The van der Waals surface area contributed by atoms with Gasteiger partial charge in [0.1, 0.15) is 0 Å². The van der Waals surface area contributed by atoms with E-state index in [1.165, 1.54) is 0 Å². The molecule has 0 fully saturated rings. The third-order valence-corrected chi connectivity index (χ3v) is 22.2. The Kier molecular flexibility index (Phi) is 28.4. The summed E-state index contributed by atoms with van der Waals surface area (Å²) in [5, 5.41) is 118. The normalized spacial score (nSPS) is 12.7. The Labute approximate surface area is 749 Å². The molecule has 596 valence electrons. The Morgan fingerprint density at radius 2 is 0.281 bits per heavy atom. The zero-order valence-corrected chi connectivity index (χ0v) is 82.7. The minimum Gasteiger partial charge on any atom is -0.872 e. The van der Waals surface area contributed by atoms with E-state index in [4.69, 9.17) is 0 Å². The topological polar surface area (TPSA) is 184 Å². The predicted molar refractivity (Wildman–Crippen MR) is 451 cm³/mol. The van der Waals surface area contributed by atoms with E-state index in [0.29, 0.717) is 89.0 Å². The quantitative estimate of drug-likeness (QED) is 0.108. The van der Waals surface area contributed by atoms with E-state index in [0.717, 1.165) is 66.8 Å². The Morgan fingerprint density at radius 1 is 0.175 bits per heavy atom. The van der Waals surface area contributed by atoms with Gasteiger partial charge in [-0.2, -0.15) is 0 Å². The molecule has 0 N–H and O–H groups in total. The molecule has 0 atom stereocenters. The summed E-state index contributed by atoms with van der Waals surface area (Å²) < 4.78 is 0. The molecule has 0 amide bonds. The SMILES string of the molecule is Cc1cc(C(c2cccc(C(c3cc(C)cc(C(C)(C)C)c3[O-])c3cc(C)cc(C(C)(C)C)c3[O-])c2)c2cc(C)cc(C(C)(C)C)c2[O-])c([O-])c(C(C)(C)C)c1.Cc1cc(C(c2cccc(C(c3cc(C)cc(C(C)(C)C)c3[O-])c3cc(C)cc(C(C)(C)C)c3[O-])c2)c2cc(C)cc(C(C)(C)C)c2[O-])c([O-])c(C(C)(C)C)c1.[Th+4].[Th+4]. The monoisotopic (exact) mass is 1970 g/mol. The molecule has 0 spiro atoms. The van der Waals surface area contributed by atoms with E-state index >= 15 is 0 Å². The van der Waals surface area contributed by atoms with Crippen LogP contribution in [0.25, 0.3) is 0 Å². The molecule has 0 saturated heterocycles. The Bertz CT molecular complexity index is 4300. The van der Waals surface area contributed by atoms with E-state index in [-0.39, 0.29) is 126 Å². The second kappa shape index (κ2) is 34.3. The molecular formula is C104H124O8Th2. The van der Waals surface area contributed by atoms with Gasteiger partial charge in [0.25, 0.3) is 0 Å². The van der Waals surface area contributed by atoms with Crippen LogP contribution in [0.3, 0.4) is 0 Å². The first-order valence-corrected chi connectivity index (χ1v) is 40.0. The summed E-state index contributed by atoms with van der Waals surface area (Å²) in [6.45, 7) is 65.0. The Morgan fingerprint density at radius 3 is 0.377 bits per heavy atom. The summed E-state index contributed by atoms with van der Waals surface area (Å²) in [5.41, 5.74) is 16.9. The smallest absolute Gasteiger partial charge is 0.872 e. The van der Waals surface area contributed by atoms with Gasteiger partial charge in [0.15, 0.2) is 0 Å². The zero-order valence-electron chi connectivity index (χ0n) is 74.4. The number of benzene rings is 10. The number of rotatable bonds is 12. The maximum absolute atomic E-state index is 14.7. The van der Waals surface area contributed by atoms with Crippen LogP contribution >= 0.6 is 0 Å². The molecule has 0 aromatic heterocycles. The van der Waals surface area contributed by atoms with Gasteiger partial charge < -0.3 is 40.9 Å². The maximum atomic E-state index is 14.7. The van der Waals surface area contributed by atoms with Crippen LogP contribution in [0.1, 0.15) is 346 Å². The molecular weight excluding hydrogens is 1840 g/mol. The van der Waals surface area contributed by atoms with Crippen molar-refractivity contribution in [2.75, 3.05) is 0 Å². The second-order valence-corrected chi connectivity index (χ2v) is 40.9. The maximum Gasteiger partial charge on any atom is 4.00 e. The number of hydrogen-bond acceptors (Lipinski definition) is 8. The van der Waals surface area contributed by atoms with Crippen LogP contribution in [0, 0.1) is 135 Å². The standard InChI is InChI=1S/2C52H66O4.2Th/c2*1-29-20-35(45(53)39(24-29)49(5,6)7)43(36-21-30(2)25-40(46(36)54)50(8,9)10)33-18-17-19-34(28-33)44(37-22-31(3)26-41(47(37)55)51(11,12)13)38-23-32(4)27-42(48(38)56)52(14,15)16;;/h2*17-28,43-44,53-56H,1-16H3;;/q;;2*+4/p-8. The van der Waals surface area contributed by atoms with Crippen LogP contribution in [0.5, 0.6) is 46.0 Å². The molecule has 10 rings (SSSR count). The van der Waals surface area contributed by atoms with E-state index in [2.05, 4.69) is 0 Å². The largest absolute Gasteiger partial charge is 4.00 e. The van der Waals surface area contributed by atoms with Gasteiger partial charge in [-0.15, -0.1) is 46.0 Å². The van der Waals surface area contributed by atoms with Crippen molar-refractivity contribution < 1.29 is 121 Å². The van der Waals surface area contributed by atoms with E-state index < -0.39 is 67.0 Å². The van der Waals surface area contributed by atoms with Crippen LogP contribution in [0.4, 0.5) is 0 Å². The van der Waals surface area contributed by atoms with Crippen molar-refractivity contribution >= 4 is 0 Å². The van der Waals surface area contributed by atoms with Crippen LogP contribution in [0.15, 0.2) is 146 Å². The first-order chi connectivity index (χ1) is 51.2. The van der Waals surface area contributed by atoms with Crippen LogP contribution < -0.4 is 40.9 Å². The van der Waals surface area contributed by atoms with Crippen LogP contribution in [-0.2, 0) is 43.3 Å². The molecule has 0 bridgehead atoms. The van der Waals surface area contributed by atoms with E-state index in [1.54, 1.807) is 0 Å². The van der Waals surface area contributed by atoms with Crippen molar-refractivity contribution in [3.05, 3.63) is 301 Å². The summed E-state index contributed by atoms with van der Waals surface area (Å²) in [4.78, 5) is 0. The van der Waals surface area contributed by atoms with Gasteiger partial charge in [0, 0.05) is 23.7 Å². The van der Waals surface area contributed by atoms with Gasteiger partial charge in [-0.25, -0.2) is 0 Å². The molecule has 0 aliphatic rings. The minimum atomic E-state index is -0.707. The van der Waals surface area contributed by atoms with Gasteiger partial charge in [0.2, 0.25) is 0 Å². The molecule has 0 aliphatic carbocycles. The fourth-order valence-electron chi connectivity index (χ4n) is 16.5. The van der Waals surface area contributed by atoms with Crippen molar-refractivity contribution in [2.24, 2.45) is 0 Å². The predicted octanol–water partition coefficient (Wildman–Crippen LogP) is 21.5. The van der Waals surface area contributed by atoms with Crippen molar-refractivity contribution in [2.45, 2.75) is 289 Å². The van der Waals surface area contributed by atoms with Crippen molar-refractivity contribution in [1.82, 2.24) is 0 Å². The molecule has 0 saturated carbocycles. The molecule has 8 nitrogen and oxygen atoms in total. The molecule has 0 aliphatic heterocycles. The van der Waals surface area contributed by atoms with Crippen molar-refractivity contribution in [3.63, 3.8) is 0 Å². The van der Waals surface area contributed by atoms with Crippen LogP contribution in [-0.4, -0.2) is 0 Å². The Hall–Kier alpha value is -6.75. The van der Waals surface area contributed by atoms with Gasteiger partial charge in [-0.1, -0.05) is 356 Å². The summed E-state index contributed by atoms with van der Waals surface area (Å²) in [6, 6.07) is 47.0. The second-order valence-electron chi connectivity index (χ2n) is 40.9. The van der Waals surface area contributed by atoms with Gasteiger partial charge in [-0.05, 0) is 210 Å². The first kappa shape index (κ1) is 94.4. The average molecular weight is 1970 g/mol. The summed E-state index contributed by atoms with van der Waals surface area (Å²) in [6.07, 6.45) is 0. The zero-order chi connectivity index (χ0) is 84.1. The van der Waals surface area contributed by atoms with Crippen molar-refractivity contribution in [1.29, 1.82) is 0 Å². The molecule has 10 heteroatoms. The third-order valence-electron chi connectivity index (χ3n) is 22.2. The van der Waals surface area contributed by atoms with E-state index in [9.17, 15) is 40.9 Å². The summed E-state index contributed by atoms with van der Waals surface area (Å²) >= 11 is 0. The fraction of sp³-hybridized carbons (Fsp3) is 0.423. The fourth-order valence-corrected chi connectivity index (χ4v) is 16.5. The van der Waals surface area contributed by atoms with Gasteiger partial charge >= 0.3 is 79.9 Å². The van der Waals surface area contributed by atoms with Crippen LogP contribution in [0.2, 0.25) is 0 Å². The summed E-state index contributed by atoms with van der Waals surface area (Å²) in [5.74, 6) is -3.50. The molecule has 10 aromatic carbocycles. The van der Waals surface area contributed by atoms with Gasteiger partial charge in [0.05, 0.1) is 0 Å². The first-order valence-electron chi connectivity index (χ1n) is 40.0. The average Bonchev–Trinajstić information content (AvgIpc) is 0.746. The molecule has 0 radical (unpaired) electrons. The summed E-state index contributed by atoms with van der Waals surface area (Å²) in [7, 11) is 0. The third kappa shape index (κ3) is 20.3. The van der Waals surface area contributed by atoms with Gasteiger partial charge in [-0.3, -0.25) is 0 Å². The Balaban J connectivity index is 0.000000310. The van der Waals surface area contributed by atoms with E-state index in [1.807, 2.05) is 367 Å². The van der Waals surface area contributed by atoms with Crippen molar-refractivity contribution in [3.8, 4) is 46.0 Å². The number of hydrogen-bond donors (Lipinski definition) is 0.